The number of thiophene rings is 1. The molecule has 1 saturated heterocycles. The van der Waals surface area contributed by atoms with Gasteiger partial charge in [-0.2, -0.15) is 0 Å². The van der Waals surface area contributed by atoms with E-state index in [1.807, 2.05) is 5.38 Å². The molecule has 6 heteroatoms. The van der Waals surface area contributed by atoms with Gasteiger partial charge in [0.15, 0.2) is 0 Å². The number of piperidine rings is 1. The quantitative estimate of drug-likeness (QED) is 0.748. The minimum Gasteiger partial charge on any atom is -0.306 e. The Bertz CT molecular complexity index is 1070. The fourth-order valence-electron chi connectivity index (χ4n) is 3.88. The van der Waals surface area contributed by atoms with Gasteiger partial charge in [-0.05, 0) is 50.0 Å². The van der Waals surface area contributed by atoms with Crippen LogP contribution in [-0.2, 0) is 0 Å². The Labute approximate surface area is 162 Å². The van der Waals surface area contributed by atoms with Crippen LogP contribution in [0.1, 0.15) is 44.2 Å². The number of aromatic nitrogens is 2. The molecule has 27 heavy (non-hydrogen) atoms. The Balaban J connectivity index is 1.83. The Hall–Kier alpha value is -2.18. The van der Waals surface area contributed by atoms with Gasteiger partial charge in [0.1, 0.15) is 4.83 Å². The van der Waals surface area contributed by atoms with E-state index in [-0.39, 0.29) is 17.3 Å². The van der Waals surface area contributed by atoms with Crippen LogP contribution in [0.4, 0.5) is 0 Å². The predicted octanol–water partition coefficient (Wildman–Crippen LogP) is 3.81. The molecule has 0 aliphatic carbocycles. The zero-order valence-corrected chi connectivity index (χ0v) is 16.8. The molecule has 3 heterocycles. The first-order valence-electron chi connectivity index (χ1n) is 9.50. The van der Waals surface area contributed by atoms with Gasteiger partial charge < -0.3 is 4.90 Å². The molecule has 4 rings (SSSR count). The molecule has 1 N–H and O–H groups in total. The van der Waals surface area contributed by atoms with Crippen molar-refractivity contribution >= 4 is 21.6 Å². The van der Waals surface area contributed by atoms with E-state index in [0.717, 1.165) is 37.1 Å². The molecule has 1 fully saturated rings. The zero-order chi connectivity index (χ0) is 19.1. The largest absolute Gasteiger partial charge is 0.329 e. The summed E-state index contributed by atoms with van der Waals surface area (Å²) in [4.78, 5) is 31.7. The van der Waals surface area contributed by atoms with Gasteiger partial charge in [-0.3, -0.25) is 14.3 Å². The van der Waals surface area contributed by atoms with Gasteiger partial charge in [0.2, 0.25) is 0 Å². The van der Waals surface area contributed by atoms with E-state index in [2.05, 4.69) is 55.0 Å². The number of benzene rings is 1. The lowest BCUT2D eigenvalue weighted by molar-refractivity contribution is 0.216. The van der Waals surface area contributed by atoms with Crippen molar-refractivity contribution in [3.05, 3.63) is 56.0 Å². The van der Waals surface area contributed by atoms with Crippen molar-refractivity contribution in [2.24, 2.45) is 0 Å². The molecule has 0 atom stereocenters. The molecule has 1 aromatic carbocycles. The number of hydrogen-bond donors (Lipinski definition) is 1. The van der Waals surface area contributed by atoms with E-state index < -0.39 is 0 Å². The lowest BCUT2D eigenvalue weighted by Crippen LogP contribution is -2.42. The Morgan fingerprint density at radius 3 is 2.41 bits per heavy atom. The van der Waals surface area contributed by atoms with Crippen LogP contribution in [0, 0.1) is 0 Å². The van der Waals surface area contributed by atoms with Crippen LogP contribution in [0.3, 0.4) is 0 Å². The molecule has 0 unspecified atom stereocenters. The second-order valence-corrected chi connectivity index (χ2v) is 8.65. The van der Waals surface area contributed by atoms with Gasteiger partial charge in [-0.25, -0.2) is 4.79 Å². The first kappa shape index (κ1) is 18.2. The third kappa shape index (κ3) is 3.28. The average molecular weight is 384 g/mol. The van der Waals surface area contributed by atoms with Gasteiger partial charge in [0.25, 0.3) is 5.56 Å². The summed E-state index contributed by atoms with van der Waals surface area (Å²) in [6.07, 6.45) is 1.65. The van der Waals surface area contributed by atoms with Gasteiger partial charge >= 0.3 is 5.69 Å². The fourth-order valence-corrected chi connectivity index (χ4v) is 4.83. The third-order valence-electron chi connectivity index (χ3n) is 5.60. The van der Waals surface area contributed by atoms with Crippen molar-refractivity contribution in [3.8, 4) is 11.1 Å². The zero-order valence-electron chi connectivity index (χ0n) is 16.0. The van der Waals surface area contributed by atoms with Crippen molar-refractivity contribution in [1.82, 2.24) is 14.5 Å². The smallest absolute Gasteiger partial charge is 0.306 e. The summed E-state index contributed by atoms with van der Waals surface area (Å²) in [5.74, 6) is 0.469. The number of likely N-dealkylation sites (tertiary alicyclic amines) is 1. The van der Waals surface area contributed by atoms with Crippen LogP contribution in [0.15, 0.2) is 39.2 Å². The summed E-state index contributed by atoms with van der Waals surface area (Å²) in [6, 6.07) is 8.34. The van der Waals surface area contributed by atoms with E-state index in [1.165, 1.54) is 21.5 Å². The topological polar surface area (TPSA) is 58.1 Å². The summed E-state index contributed by atoms with van der Waals surface area (Å²) >= 11 is 1.43. The first-order chi connectivity index (χ1) is 13.0. The van der Waals surface area contributed by atoms with E-state index in [1.54, 1.807) is 0 Å². The molecular weight excluding hydrogens is 358 g/mol. The highest BCUT2D eigenvalue weighted by atomic mass is 32.1. The molecular formula is C21H25N3O2S. The monoisotopic (exact) mass is 383 g/mol. The maximum atomic E-state index is 13.3. The van der Waals surface area contributed by atoms with Crippen LogP contribution in [0.2, 0.25) is 0 Å². The van der Waals surface area contributed by atoms with Crippen molar-refractivity contribution in [2.45, 2.75) is 38.6 Å². The van der Waals surface area contributed by atoms with Crippen LogP contribution in [0.25, 0.3) is 21.3 Å². The SMILES string of the molecule is CC(C)c1ccc(-c2csc3[nH]c(=O)n(C4CCN(C)CC4)c(=O)c23)cc1. The second-order valence-electron chi connectivity index (χ2n) is 7.77. The maximum absolute atomic E-state index is 13.3. The number of aromatic amines is 1. The highest BCUT2D eigenvalue weighted by molar-refractivity contribution is 7.17. The highest BCUT2D eigenvalue weighted by Gasteiger charge is 2.23. The minimum absolute atomic E-state index is 0.0297. The lowest BCUT2D eigenvalue weighted by atomic mass is 9.99. The second kappa shape index (κ2) is 7.09. The fraction of sp³-hybridized carbons (Fsp3) is 0.429. The van der Waals surface area contributed by atoms with Gasteiger partial charge in [0, 0.05) is 17.0 Å². The lowest BCUT2D eigenvalue weighted by Gasteiger charge is -2.29. The summed E-state index contributed by atoms with van der Waals surface area (Å²) in [5.41, 5.74) is 2.76. The average Bonchev–Trinajstić information content (AvgIpc) is 3.07. The molecule has 2 aromatic heterocycles. The number of H-pyrrole nitrogens is 1. The van der Waals surface area contributed by atoms with E-state index in [9.17, 15) is 9.59 Å². The van der Waals surface area contributed by atoms with Crippen LogP contribution < -0.4 is 11.2 Å². The molecule has 0 amide bonds. The van der Waals surface area contributed by atoms with E-state index in [4.69, 9.17) is 0 Å². The van der Waals surface area contributed by atoms with E-state index in [0.29, 0.717) is 16.1 Å². The first-order valence-corrected chi connectivity index (χ1v) is 10.4. The van der Waals surface area contributed by atoms with Crippen LogP contribution in [-0.4, -0.2) is 34.6 Å². The number of hydrogen-bond acceptors (Lipinski definition) is 4. The van der Waals surface area contributed by atoms with Crippen molar-refractivity contribution in [1.29, 1.82) is 0 Å². The molecule has 1 aliphatic rings. The normalized spacial score (nSPS) is 16.4. The van der Waals surface area contributed by atoms with Crippen LogP contribution >= 0.6 is 11.3 Å². The molecule has 0 radical (unpaired) electrons. The molecule has 142 valence electrons. The molecule has 0 saturated carbocycles. The molecule has 5 nitrogen and oxygen atoms in total. The van der Waals surface area contributed by atoms with Gasteiger partial charge in [-0.1, -0.05) is 38.1 Å². The van der Waals surface area contributed by atoms with Crippen molar-refractivity contribution < 1.29 is 0 Å². The summed E-state index contributed by atoms with van der Waals surface area (Å²) in [5, 5.41) is 2.61. The van der Waals surface area contributed by atoms with Crippen LogP contribution in [0.5, 0.6) is 0 Å². The predicted molar refractivity (Wildman–Crippen MR) is 112 cm³/mol. The molecule has 0 bridgehead atoms. The Kier molecular flexibility index (Phi) is 4.78. The number of rotatable bonds is 3. The molecule has 3 aromatic rings. The standard InChI is InChI=1S/C21H25N3O2S/c1-13(2)14-4-6-15(7-5-14)17-12-27-19-18(17)20(25)24(21(26)22-19)16-8-10-23(3)11-9-16/h4-7,12-13,16H,8-11H2,1-3H3,(H,22,26). The van der Waals surface area contributed by atoms with Gasteiger partial charge in [0.05, 0.1) is 5.39 Å². The highest BCUT2D eigenvalue weighted by Crippen LogP contribution is 2.31. The van der Waals surface area contributed by atoms with Gasteiger partial charge in [-0.15, -0.1) is 11.3 Å². The Morgan fingerprint density at radius 1 is 1.11 bits per heavy atom. The summed E-state index contributed by atoms with van der Waals surface area (Å²) in [6.45, 7) is 6.14. The minimum atomic E-state index is -0.286. The number of nitrogens with one attached hydrogen (secondary N) is 1. The van der Waals surface area contributed by atoms with Crippen molar-refractivity contribution in [3.63, 3.8) is 0 Å². The summed E-state index contributed by atoms with van der Waals surface area (Å²) < 4.78 is 1.45. The third-order valence-corrected chi connectivity index (χ3v) is 6.50. The number of nitrogens with zero attached hydrogens (tertiary/aromatic N) is 2. The van der Waals surface area contributed by atoms with E-state index >= 15 is 0 Å². The molecule has 0 spiro atoms. The number of fused-ring (bicyclic) bond motifs is 1. The molecule has 1 aliphatic heterocycles. The van der Waals surface area contributed by atoms with Crippen molar-refractivity contribution in [2.75, 3.05) is 20.1 Å². The summed E-state index contributed by atoms with van der Waals surface area (Å²) in [7, 11) is 2.07. The maximum Gasteiger partial charge on any atom is 0.329 e. The Morgan fingerprint density at radius 2 is 1.78 bits per heavy atom.